The van der Waals surface area contributed by atoms with Gasteiger partial charge in [-0.25, -0.2) is 13.2 Å². The molecule has 0 radical (unpaired) electrons. The molecule has 4 aliphatic heterocycles. The summed E-state index contributed by atoms with van der Waals surface area (Å²) < 4.78 is 54.6. The number of fused-ring (bicyclic) bond motifs is 6. The average Bonchev–Trinajstić information content (AvgIpc) is 3.74. The normalized spacial score (nSPS) is 26.5. The van der Waals surface area contributed by atoms with Crippen LogP contribution in [0.25, 0.3) is 32.8 Å². The molecule has 4 bridgehead atoms. The van der Waals surface area contributed by atoms with Crippen molar-refractivity contribution in [2.75, 3.05) is 31.1 Å². The van der Waals surface area contributed by atoms with E-state index in [0.29, 0.717) is 43.7 Å². The lowest BCUT2D eigenvalue weighted by atomic mass is 9.89. The Bertz CT molecular complexity index is 2130. The van der Waals surface area contributed by atoms with E-state index in [1.807, 2.05) is 4.90 Å². The summed E-state index contributed by atoms with van der Waals surface area (Å²) in [6.45, 7) is 2.31. The van der Waals surface area contributed by atoms with Crippen molar-refractivity contribution in [2.24, 2.45) is 11.3 Å². The number of halogens is 3. The van der Waals surface area contributed by atoms with Crippen LogP contribution in [0.4, 0.5) is 19.0 Å². The molecular formula is C39H38F3N5O4. The van der Waals surface area contributed by atoms with Gasteiger partial charge in [-0.1, -0.05) is 12.0 Å². The van der Waals surface area contributed by atoms with Gasteiger partial charge in [-0.15, -0.1) is 6.42 Å². The third-order valence-corrected chi connectivity index (χ3v) is 12.0. The van der Waals surface area contributed by atoms with Crippen molar-refractivity contribution in [1.82, 2.24) is 20.2 Å². The van der Waals surface area contributed by atoms with Crippen LogP contribution in [0.15, 0.2) is 30.3 Å². The number of piperidine rings is 1. The Morgan fingerprint density at radius 2 is 1.75 bits per heavy atom. The van der Waals surface area contributed by atoms with Crippen molar-refractivity contribution in [3.8, 4) is 35.2 Å². The Morgan fingerprint density at radius 1 is 1.02 bits per heavy atom. The number of hydrogen-bond acceptors (Lipinski definition) is 8. The molecule has 9 rings (SSSR count). The zero-order valence-electron chi connectivity index (χ0n) is 28.0. The van der Waals surface area contributed by atoms with Crippen LogP contribution in [-0.4, -0.2) is 81.5 Å². The van der Waals surface area contributed by atoms with Crippen molar-refractivity contribution in [2.45, 2.75) is 75.5 Å². The number of ether oxygens (including phenoxy) is 1. The Kier molecular flexibility index (Phi) is 7.60. The lowest BCUT2D eigenvalue weighted by Gasteiger charge is -2.39. The summed E-state index contributed by atoms with van der Waals surface area (Å²) in [4.78, 5) is 25.6. The molecule has 4 atom stereocenters. The zero-order chi connectivity index (χ0) is 35.2. The predicted octanol–water partition coefficient (Wildman–Crippen LogP) is 5.98. The van der Waals surface area contributed by atoms with Crippen LogP contribution in [0.2, 0.25) is 0 Å². The molecule has 1 aromatic heterocycles. The number of benzene rings is 3. The van der Waals surface area contributed by atoms with Gasteiger partial charge in [0.2, 0.25) is 0 Å². The van der Waals surface area contributed by atoms with E-state index in [1.165, 1.54) is 24.3 Å². The third kappa shape index (κ3) is 5.53. The van der Waals surface area contributed by atoms with Crippen LogP contribution < -0.4 is 15.0 Å². The van der Waals surface area contributed by atoms with Gasteiger partial charge < -0.3 is 25.2 Å². The van der Waals surface area contributed by atoms with Gasteiger partial charge in [-0.2, -0.15) is 9.97 Å². The molecule has 9 nitrogen and oxygen atoms in total. The first-order chi connectivity index (χ1) is 24.6. The molecule has 4 aromatic rings. The molecule has 5 fully saturated rings. The topological polar surface area (TPSA) is 111 Å². The fraction of sp³-hybridized carbons (Fsp3) is 0.462. The minimum Gasteiger partial charge on any atom is -0.508 e. The smallest absolute Gasteiger partial charge is 0.319 e. The van der Waals surface area contributed by atoms with Crippen molar-refractivity contribution >= 4 is 33.5 Å². The van der Waals surface area contributed by atoms with E-state index < -0.39 is 29.0 Å². The van der Waals surface area contributed by atoms with E-state index in [0.717, 1.165) is 51.1 Å². The highest BCUT2D eigenvalue weighted by Crippen LogP contribution is 2.50. The first-order valence-corrected chi connectivity index (χ1v) is 17.8. The van der Waals surface area contributed by atoms with Gasteiger partial charge in [0, 0.05) is 65.6 Å². The number of nitrogens with zero attached hydrogens (tertiary/aromatic N) is 4. The Morgan fingerprint density at radius 3 is 2.41 bits per heavy atom. The standard InChI is InChI=1S/C39H38F3N5O4/c1-2-27-30(40)8-3-20-13-26(48)14-28(32(20)27)33-31(41)15-29-35(34(33)42)44-38(45-36(29)46-16-22-4-5-23(17-46)43-22)51-19-39(9-10-39)18-47-24-6-7-25(47)12-21(11-24)37(49)50/h1,3,8,13-15,21-25,43,48H,4-7,9-12,16-19H2,(H,49,50). The van der Waals surface area contributed by atoms with Crippen LogP contribution in [-0.2, 0) is 4.79 Å². The van der Waals surface area contributed by atoms with Crippen LogP contribution in [0, 0.1) is 41.1 Å². The second kappa shape index (κ2) is 12.0. The molecule has 3 N–H and O–H groups in total. The van der Waals surface area contributed by atoms with Gasteiger partial charge in [0.05, 0.1) is 23.7 Å². The summed E-state index contributed by atoms with van der Waals surface area (Å²) in [6.07, 6.45) is 12.9. The van der Waals surface area contributed by atoms with Crippen LogP contribution in [0.5, 0.6) is 11.8 Å². The fourth-order valence-corrected chi connectivity index (χ4v) is 9.31. The Balaban J connectivity index is 1.11. The summed E-state index contributed by atoms with van der Waals surface area (Å²) in [7, 11) is 0. The number of phenolic OH excluding ortho intramolecular Hbond substituents is 1. The minimum absolute atomic E-state index is 0.0187. The fourth-order valence-electron chi connectivity index (χ4n) is 9.31. The number of nitrogens with one attached hydrogen (secondary N) is 1. The van der Waals surface area contributed by atoms with Crippen molar-refractivity contribution < 1.29 is 32.9 Å². The second-order valence-electron chi connectivity index (χ2n) is 15.3. The number of carboxylic acids is 1. The first-order valence-electron chi connectivity index (χ1n) is 17.8. The maximum Gasteiger partial charge on any atom is 0.319 e. The Labute approximate surface area is 292 Å². The molecule has 12 heteroatoms. The number of rotatable bonds is 8. The molecule has 0 spiro atoms. The number of aliphatic carboxylic acids is 1. The van der Waals surface area contributed by atoms with Gasteiger partial charge in [0.15, 0.2) is 5.82 Å². The van der Waals surface area contributed by atoms with Crippen molar-refractivity contribution in [1.29, 1.82) is 0 Å². The number of hydrogen-bond donors (Lipinski definition) is 3. The number of anilines is 1. The quantitative estimate of drug-likeness (QED) is 0.192. The van der Waals surface area contributed by atoms with Crippen molar-refractivity contribution in [3.63, 3.8) is 0 Å². The Hall–Kier alpha value is -4.60. The van der Waals surface area contributed by atoms with Gasteiger partial charge in [-0.05, 0) is 81.0 Å². The van der Waals surface area contributed by atoms with Crippen LogP contribution >= 0.6 is 0 Å². The highest BCUT2D eigenvalue weighted by Gasteiger charge is 2.51. The molecule has 5 heterocycles. The van der Waals surface area contributed by atoms with E-state index in [1.54, 1.807) is 0 Å². The number of piperazine rings is 1. The highest BCUT2D eigenvalue weighted by atomic mass is 19.1. The first kappa shape index (κ1) is 32.3. The highest BCUT2D eigenvalue weighted by molar-refractivity contribution is 6.04. The van der Waals surface area contributed by atoms with Crippen LogP contribution in [0.3, 0.4) is 0 Å². The van der Waals surface area contributed by atoms with E-state index in [-0.39, 0.29) is 74.7 Å². The SMILES string of the molecule is C#Cc1c(F)ccc2cc(O)cc(-c3c(F)cc4c(N5CC6CCC(C5)N6)nc(OCC5(CN6C7CCC6CC(C(=O)O)C7)CC5)nc4c3F)c12. The number of terminal acetylenes is 1. The van der Waals surface area contributed by atoms with Gasteiger partial charge in [-0.3, -0.25) is 9.69 Å². The van der Waals surface area contributed by atoms with Gasteiger partial charge in [0.25, 0.3) is 0 Å². The second-order valence-corrected chi connectivity index (χ2v) is 15.3. The molecule has 5 aliphatic rings. The summed E-state index contributed by atoms with van der Waals surface area (Å²) in [5.41, 5.74) is -1.03. The van der Waals surface area contributed by atoms with E-state index >= 15 is 8.78 Å². The summed E-state index contributed by atoms with van der Waals surface area (Å²) in [5, 5.41) is 24.4. The molecule has 1 aliphatic carbocycles. The van der Waals surface area contributed by atoms with Crippen molar-refractivity contribution in [3.05, 3.63) is 53.3 Å². The summed E-state index contributed by atoms with van der Waals surface area (Å²) >= 11 is 0. The number of phenols is 1. The molecule has 0 amide bonds. The van der Waals surface area contributed by atoms with E-state index in [4.69, 9.17) is 16.1 Å². The number of aromatic hydroxyl groups is 1. The largest absolute Gasteiger partial charge is 0.508 e. The third-order valence-electron chi connectivity index (χ3n) is 12.0. The lowest BCUT2D eigenvalue weighted by Crippen LogP contribution is -2.51. The molecular weight excluding hydrogens is 659 g/mol. The zero-order valence-corrected chi connectivity index (χ0v) is 28.0. The van der Waals surface area contributed by atoms with Gasteiger partial charge >= 0.3 is 12.0 Å². The molecule has 4 unspecified atom stereocenters. The maximum atomic E-state index is 17.0. The average molecular weight is 698 g/mol. The number of aromatic nitrogens is 2. The summed E-state index contributed by atoms with van der Waals surface area (Å²) in [6, 6.07) is 7.24. The monoisotopic (exact) mass is 697 g/mol. The molecule has 4 saturated heterocycles. The molecule has 3 aromatic carbocycles. The lowest BCUT2D eigenvalue weighted by molar-refractivity contribution is -0.144. The van der Waals surface area contributed by atoms with E-state index in [2.05, 4.69) is 21.1 Å². The number of carbonyl (C=O) groups is 1. The molecule has 264 valence electrons. The summed E-state index contributed by atoms with van der Waals surface area (Å²) in [5.74, 6) is -1.21. The number of carboxylic acid groups (broad SMARTS) is 1. The molecule has 51 heavy (non-hydrogen) atoms. The maximum absolute atomic E-state index is 17.0. The van der Waals surface area contributed by atoms with Gasteiger partial charge in [0.1, 0.15) is 28.7 Å². The van der Waals surface area contributed by atoms with Crippen LogP contribution in [0.1, 0.15) is 56.9 Å². The molecule has 1 saturated carbocycles. The van der Waals surface area contributed by atoms with E-state index in [9.17, 15) is 19.4 Å². The minimum atomic E-state index is -0.991. The predicted molar refractivity (Wildman–Crippen MR) is 185 cm³/mol.